The van der Waals surface area contributed by atoms with Crippen molar-refractivity contribution in [2.45, 2.75) is 25.3 Å². The zero-order valence-corrected chi connectivity index (χ0v) is 11.3. The van der Waals surface area contributed by atoms with Gasteiger partial charge in [0.1, 0.15) is 0 Å². The van der Waals surface area contributed by atoms with Crippen molar-refractivity contribution in [3.05, 3.63) is 35.4 Å². The highest BCUT2D eigenvalue weighted by atomic mass is 19.3. The summed E-state index contributed by atoms with van der Waals surface area (Å²) in [5.74, 6) is -3.73. The van der Waals surface area contributed by atoms with Gasteiger partial charge in [-0.15, -0.1) is 0 Å². The molecule has 0 aromatic heterocycles. The number of hydrogen-bond donors (Lipinski definition) is 2. The minimum absolute atomic E-state index is 0.0218. The molecule has 0 spiro atoms. The number of urea groups is 1. The summed E-state index contributed by atoms with van der Waals surface area (Å²) in [6, 6.07) is 5.79. The first kappa shape index (κ1) is 15.2. The summed E-state index contributed by atoms with van der Waals surface area (Å²) < 4.78 is 26.0. The summed E-state index contributed by atoms with van der Waals surface area (Å²) in [7, 11) is 0. The fraction of sp³-hybridized carbons (Fsp3) is 0.429. The van der Waals surface area contributed by atoms with E-state index >= 15 is 0 Å². The van der Waals surface area contributed by atoms with E-state index in [0.29, 0.717) is 5.56 Å². The second kappa shape index (κ2) is 6.07. The summed E-state index contributed by atoms with van der Waals surface area (Å²) >= 11 is 0. The molecule has 114 valence electrons. The molecule has 21 heavy (non-hydrogen) atoms. The van der Waals surface area contributed by atoms with Crippen LogP contribution in [0.3, 0.4) is 0 Å². The van der Waals surface area contributed by atoms with Crippen LogP contribution < -0.4 is 5.32 Å². The standard InChI is InChI=1S/C14H16F2N2O3/c15-14(16)4-6-18(7-5-14)13(21)17-9-10-2-1-3-11(8-10)12(19)20/h1-3,8H,4-7,9H2,(H,17,21)(H,19,20). The van der Waals surface area contributed by atoms with E-state index in [2.05, 4.69) is 5.32 Å². The Morgan fingerprint density at radius 3 is 2.57 bits per heavy atom. The molecule has 0 bridgehead atoms. The van der Waals surface area contributed by atoms with Crippen molar-refractivity contribution in [3.63, 3.8) is 0 Å². The third-order valence-corrected chi connectivity index (χ3v) is 3.40. The lowest BCUT2D eigenvalue weighted by Gasteiger charge is -2.31. The number of amides is 2. The number of hydrogen-bond acceptors (Lipinski definition) is 2. The highest BCUT2D eigenvalue weighted by molar-refractivity contribution is 5.87. The zero-order chi connectivity index (χ0) is 15.5. The number of carbonyl (C=O) groups excluding carboxylic acids is 1. The minimum atomic E-state index is -2.69. The first-order chi connectivity index (χ1) is 9.87. The molecular formula is C14H16F2N2O3. The van der Waals surface area contributed by atoms with Crippen LogP contribution in [0.25, 0.3) is 0 Å². The molecule has 1 aliphatic rings. The van der Waals surface area contributed by atoms with Crippen LogP contribution >= 0.6 is 0 Å². The first-order valence-electron chi connectivity index (χ1n) is 6.60. The molecular weight excluding hydrogens is 282 g/mol. The Morgan fingerprint density at radius 1 is 1.29 bits per heavy atom. The molecule has 5 nitrogen and oxygen atoms in total. The van der Waals surface area contributed by atoms with Crippen LogP contribution in [-0.4, -0.2) is 41.0 Å². The van der Waals surface area contributed by atoms with E-state index in [-0.39, 0.29) is 38.0 Å². The van der Waals surface area contributed by atoms with Crippen LogP contribution in [0.2, 0.25) is 0 Å². The molecule has 0 aliphatic carbocycles. The smallest absolute Gasteiger partial charge is 0.335 e. The molecule has 1 aliphatic heterocycles. The summed E-state index contributed by atoms with van der Waals surface area (Å²) in [6.45, 7) is 0.203. The molecule has 0 saturated carbocycles. The third-order valence-electron chi connectivity index (χ3n) is 3.40. The average Bonchev–Trinajstić information content (AvgIpc) is 2.45. The van der Waals surface area contributed by atoms with Gasteiger partial charge in [0.25, 0.3) is 5.92 Å². The predicted octanol–water partition coefficient (Wildman–Crippen LogP) is 2.33. The zero-order valence-electron chi connectivity index (χ0n) is 11.3. The monoisotopic (exact) mass is 298 g/mol. The molecule has 2 amide bonds. The van der Waals surface area contributed by atoms with Gasteiger partial charge in [-0.25, -0.2) is 18.4 Å². The lowest BCUT2D eigenvalue weighted by atomic mass is 10.1. The van der Waals surface area contributed by atoms with Gasteiger partial charge in [0.2, 0.25) is 0 Å². The number of likely N-dealkylation sites (tertiary alicyclic amines) is 1. The number of carboxylic acids is 1. The number of benzene rings is 1. The molecule has 1 fully saturated rings. The number of halogens is 2. The molecule has 2 rings (SSSR count). The van der Waals surface area contributed by atoms with Crippen molar-refractivity contribution >= 4 is 12.0 Å². The van der Waals surface area contributed by atoms with Crippen LogP contribution in [0.5, 0.6) is 0 Å². The van der Waals surface area contributed by atoms with Crippen LogP contribution in [0.1, 0.15) is 28.8 Å². The van der Waals surface area contributed by atoms with Gasteiger partial charge < -0.3 is 15.3 Å². The second-order valence-electron chi connectivity index (χ2n) is 5.01. The van der Waals surface area contributed by atoms with Gasteiger partial charge in [0, 0.05) is 32.5 Å². The number of carboxylic acid groups (broad SMARTS) is 1. The van der Waals surface area contributed by atoms with Gasteiger partial charge >= 0.3 is 12.0 Å². The Bertz CT molecular complexity index is 539. The first-order valence-corrected chi connectivity index (χ1v) is 6.60. The minimum Gasteiger partial charge on any atom is -0.478 e. The summed E-state index contributed by atoms with van der Waals surface area (Å²) in [4.78, 5) is 24.0. The normalized spacial score (nSPS) is 17.3. The Hall–Kier alpha value is -2.18. The SMILES string of the molecule is O=C(O)c1cccc(CNC(=O)N2CCC(F)(F)CC2)c1. The maximum Gasteiger partial charge on any atom is 0.335 e. The third kappa shape index (κ3) is 4.14. The maximum absolute atomic E-state index is 13.0. The number of carbonyl (C=O) groups is 2. The highest BCUT2D eigenvalue weighted by Crippen LogP contribution is 2.27. The van der Waals surface area contributed by atoms with Gasteiger partial charge in [-0.3, -0.25) is 0 Å². The number of aromatic carboxylic acids is 1. The number of rotatable bonds is 3. The summed E-state index contributed by atoms with van der Waals surface area (Å²) in [6.07, 6.45) is -0.649. The van der Waals surface area contributed by atoms with E-state index in [9.17, 15) is 18.4 Å². The Kier molecular flexibility index (Phi) is 4.40. The molecule has 0 radical (unpaired) electrons. The maximum atomic E-state index is 13.0. The molecule has 1 saturated heterocycles. The number of piperidine rings is 1. The van der Waals surface area contributed by atoms with Crippen molar-refractivity contribution in [2.75, 3.05) is 13.1 Å². The van der Waals surface area contributed by atoms with Crippen LogP contribution in [0.4, 0.5) is 13.6 Å². The number of alkyl halides is 2. The average molecular weight is 298 g/mol. The van der Waals surface area contributed by atoms with Crippen LogP contribution in [-0.2, 0) is 6.54 Å². The fourth-order valence-corrected chi connectivity index (χ4v) is 2.14. The van der Waals surface area contributed by atoms with Gasteiger partial charge in [-0.1, -0.05) is 12.1 Å². The van der Waals surface area contributed by atoms with E-state index in [1.54, 1.807) is 12.1 Å². The predicted molar refractivity (Wildman–Crippen MR) is 71.4 cm³/mol. The Labute approximate surface area is 120 Å². The number of nitrogens with one attached hydrogen (secondary N) is 1. The van der Waals surface area contributed by atoms with Gasteiger partial charge in [-0.2, -0.15) is 0 Å². The lowest BCUT2D eigenvalue weighted by Crippen LogP contribution is -2.47. The molecule has 1 aromatic carbocycles. The van der Waals surface area contributed by atoms with E-state index in [1.165, 1.54) is 17.0 Å². The van der Waals surface area contributed by atoms with Gasteiger partial charge in [0.15, 0.2) is 0 Å². The van der Waals surface area contributed by atoms with E-state index in [1.807, 2.05) is 0 Å². The largest absolute Gasteiger partial charge is 0.478 e. The quantitative estimate of drug-likeness (QED) is 0.899. The topological polar surface area (TPSA) is 69.6 Å². The second-order valence-corrected chi connectivity index (χ2v) is 5.01. The summed E-state index contributed by atoms with van der Waals surface area (Å²) in [5.41, 5.74) is 0.782. The van der Waals surface area contributed by atoms with Crippen LogP contribution in [0, 0.1) is 0 Å². The summed E-state index contributed by atoms with van der Waals surface area (Å²) in [5, 5.41) is 11.5. The van der Waals surface area contributed by atoms with Crippen LogP contribution in [0.15, 0.2) is 24.3 Å². The van der Waals surface area contributed by atoms with E-state index in [0.717, 1.165) is 0 Å². The van der Waals surface area contributed by atoms with Crippen molar-refractivity contribution in [1.82, 2.24) is 10.2 Å². The van der Waals surface area contributed by atoms with Gasteiger partial charge in [-0.05, 0) is 17.7 Å². The molecule has 2 N–H and O–H groups in total. The van der Waals surface area contributed by atoms with Crippen molar-refractivity contribution in [3.8, 4) is 0 Å². The Morgan fingerprint density at radius 2 is 1.95 bits per heavy atom. The lowest BCUT2D eigenvalue weighted by molar-refractivity contribution is -0.0469. The van der Waals surface area contributed by atoms with E-state index in [4.69, 9.17) is 5.11 Å². The van der Waals surface area contributed by atoms with Crippen molar-refractivity contribution in [1.29, 1.82) is 0 Å². The molecule has 1 aromatic rings. The van der Waals surface area contributed by atoms with Crippen molar-refractivity contribution in [2.24, 2.45) is 0 Å². The Balaban J connectivity index is 1.87. The molecule has 1 heterocycles. The van der Waals surface area contributed by atoms with Gasteiger partial charge in [0.05, 0.1) is 5.56 Å². The van der Waals surface area contributed by atoms with Crippen molar-refractivity contribution < 1.29 is 23.5 Å². The highest BCUT2D eigenvalue weighted by Gasteiger charge is 2.35. The fourth-order valence-electron chi connectivity index (χ4n) is 2.14. The molecule has 0 atom stereocenters. The molecule has 7 heteroatoms. The van der Waals surface area contributed by atoms with E-state index < -0.39 is 17.9 Å². The number of nitrogens with zero attached hydrogens (tertiary/aromatic N) is 1. The molecule has 0 unspecified atom stereocenters.